The first kappa shape index (κ1) is 17.4. The molecule has 3 aromatic carbocycles. The van der Waals surface area contributed by atoms with Crippen molar-refractivity contribution in [1.82, 2.24) is 0 Å². The van der Waals surface area contributed by atoms with Gasteiger partial charge in [0, 0.05) is 5.56 Å². The van der Waals surface area contributed by atoms with Crippen LogP contribution in [0.15, 0.2) is 72.8 Å². The van der Waals surface area contributed by atoms with Crippen LogP contribution < -0.4 is 4.74 Å². The van der Waals surface area contributed by atoms with E-state index < -0.39 is 0 Å². The Bertz CT molecular complexity index is 899. The van der Waals surface area contributed by atoms with Crippen molar-refractivity contribution >= 4 is 12.3 Å². The fraction of sp³-hybridized carbons (Fsp3) is 0.0909. The number of esters is 1. The Balaban J connectivity index is 1.85. The largest absolute Gasteiger partial charge is 0.489 e. The van der Waals surface area contributed by atoms with E-state index in [-0.39, 0.29) is 5.97 Å². The number of methoxy groups -OCH3 is 1. The molecule has 0 aliphatic rings. The molecule has 0 bridgehead atoms. The van der Waals surface area contributed by atoms with Gasteiger partial charge in [0.25, 0.3) is 0 Å². The van der Waals surface area contributed by atoms with E-state index in [0.29, 0.717) is 23.5 Å². The van der Waals surface area contributed by atoms with Crippen molar-refractivity contribution in [1.29, 1.82) is 0 Å². The Morgan fingerprint density at radius 2 is 1.65 bits per heavy atom. The zero-order chi connectivity index (χ0) is 18.4. The van der Waals surface area contributed by atoms with Crippen molar-refractivity contribution in [2.45, 2.75) is 6.61 Å². The fourth-order valence-electron chi connectivity index (χ4n) is 2.60. The standard InChI is InChI=1S/C22H18O4/c1-25-22(24)19-9-7-18(8-10-19)20-11-17(14-23)12-21(13-20)26-15-16-5-3-2-4-6-16/h2-14H,15H2,1H3. The van der Waals surface area contributed by atoms with Crippen molar-refractivity contribution in [3.8, 4) is 16.9 Å². The Morgan fingerprint density at radius 3 is 2.31 bits per heavy atom. The lowest BCUT2D eigenvalue weighted by Gasteiger charge is -2.10. The number of hydrogen-bond acceptors (Lipinski definition) is 4. The topological polar surface area (TPSA) is 52.6 Å². The first-order valence-electron chi connectivity index (χ1n) is 8.15. The SMILES string of the molecule is COC(=O)c1ccc(-c2cc(C=O)cc(OCc3ccccc3)c2)cc1. The molecular weight excluding hydrogens is 328 g/mol. The zero-order valence-electron chi connectivity index (χ0n) is 14.3. The summed E-state index contributed by atoms with van der Waals surface area (Å²) in [6.45, 7) is 0.421. The highest BCUT2D eigenvalue weighted by Crippen LogP contribution is 2.27. The van der Waals surface area contributed by atoms with Gasteiger partial charge in [-0.25, -0.2) is 4.79 Å². The van der Waals surface area contributed by atoms with E-state index in [1.165, 1.54) is 7.11 Å². The number of hydrogen-bond donors (Lipinski definition) is 0. The van der Waals surface area contributed by atoms with Crippen molar-refractivity contribution in [3.05, 3.63) is 89.5 Å². The van der Waals surface area contributed by atoms with Gasteiger partial charge >= 0.3 is 5.97 Å². The smallest absolute Gasteiger partial charge is 0.337 e. The summed E-state index contributed by atoms with van der Waals surface area (Å²) in [5.74, 6) is 0.232. The molecule has 0 fully saturated rings. The first-order chi connectivity index (χ1) is 12.7. The van der Waals surface area contributed by atoms with Crippen LogP contribution in [0.3, 0.4) is 0 Å². The molecule has 0 aliphatic heterocycles. The number of aldehydes is 1. The van der Waals surface area contributed by atoms with Gasteiger partial charge in [0.1, 0.15) is 18.6 Å². The van der Waals surface area contributed by atoms with Gasteiger partial charge in [0.2, 0.25) is 0 Å². The molecule has 0 saturated heterocycles. The second-order valence-electron chi connectivity index (χ2n) is 5.75. The van der Waals surface area contributed by atoms with Gasteiger partial charge in [-0.1, -0.05) is 42.5 Å². The predicted molar refractivity (Wildman–Crippen MR) is 99.4 cm³/mol. The number of rotatable bonds is 6. The maximum absolute atomic E-state index is 11.5. The summed E-state index contributed by atoms with van der Waals surface area (Å²) in [4.78, 5) is 22.8. The Labute approximate surface area is 152 Å². The molecule has 26 heavy (non-hydrogen) atoms. The highest BCUT2D eigenvalue weighted by atomic mass is 16.5. The molecule has 0 unspecified atom stereocenters. The Hall–Kier alpha value is -3.40. The van der Waals surface area contributed by atoms with Crippen LogP contribution in [0.5, 0.6) is 5.75 Å². The van der Waals surface area contributed by atoms with E-state index >= 15 is 0 Å². The van der Waals surface area contributed by atoms with Crippen molar-refractivity contribution in [3.63, 3.8) is 0 Å². The molecule has 3 aromatic rings. The average Bonchev–Trinajstić information content (AvgIpc) is 2.72. The zero-order valence-corrected chi connectivity index (χ0v) is 14.3. The average molecular weight is 346 g/mol. The molecular formula is C22H18O4. The van der Waals surface area contributed by atoms with Crippen LogP contribution in [0.4, 0.5) is 0 Å². The molecule has 130 valence electrons. The van der Waals surface area contributed by atoms with Gasteiger partial charge in [-0.05, 0) is 47.0 Å². The lowest BCUT2D eigenvalue weighted by Crippen LogP contribution is -2.00. The molecule has 0 atom stereocenters. The quantitative estimate of drug-likeness (QED) is 0.486. The van der Waals surface area contributed by atoms with Crippen LogP contribution in [0, 0.1) is 0 Å². The minimum absolute atomic E-state index is 0.384. The van der Waals surface area contributed by atoms with Gasteiger partial charge in [0.05, 0.1) is 12.7 Å². The lowest BCUT2D eigenvalue weighted by molar-refractivity contribution is 0.0600. The minimum Gasteiger partial charge on any atom is -0.489 e. The van der Waals surface area contributed by atoms with Crippen molar-refractivity contribution in [2.75, 3.05) is 7.11 Å². The molecule has 0 aliphatic carbocycles. The molecule has 0 aromatic heterocycles. The first-order valence-corrected chi connectivity index (χ1v) is 8.15. The molecule has 0 spiro atoms. The third kappa shape index (κ3) is 4.16. The van der Waals surface area contributed by atoms with Crippen LogP contribution in [-0.2, 0) is 11.3 Å². The van der Waals surface area contributed by atoms with Crippen LogP contribution in [0.25, 0.3) is 11.1 Å². The van der Waals surface area contributed by atoms with Crippen molar-refractivity contribution < 1.29 is 19.1 Å². The highest BCUT2D eigenvalue weighted by molar-refractivity contribution is 5.90. The molecule has 0 amide bonds. The normalized spacial score (nSPS) is 10.2. The summed E-state index contributed by atoms with van der Waals surface area (Å²) in [6, 6.07) is 22.2. The molecule has 4 nitrogen and oxygen atoms in total. The van der Waals surface area contributed by atoms with Gasteiger partial charge in [-0.2, -0.15) is 0 Å². The van der Waals surface area contributed by atoms with E-state index in [1.807, 2.05) is 48.5 Å². The van der Waals surface area contributed by atoms with E-state index in [1.54, 1.807) is 24.3 Å². The number of carbonyl (C=O) groups excluding carboxylic acids is 2. The van der Waals surface area contributed by atoms with Crippen LogP contribution in [0.1, 0.15) is 26.3 Å². The predicted octanol–water partition coefficient (Wildman–Crippen LogP) is 4.53. The second-order valence-corrected chi connectivity index (χ2v) is 5.75. The van der Waals surface area contributed by atoms with E-state index in [2.05, 4.69) is 0 Å². The Morgan fingerprint density at radius 1 is 0.923 bits per heavy atom. The summed E-state index contributed by atoms with van der Waals surface area (Å²) in [5.41, 5.74) is 3.78. The van der Waals surface area contributed by atoms with E-state index in [0.717, 1.165) is 23.0 Å². The highest BCUT2D eigenvalue weighted by Gasteiger charge is 2.08. The second kappa shape index (κ2) is 8.12. The fourth-order valence-corrected chi connectivity index (χ4v) is 2.60. The lowest BCUT2D eigenvalue weighted by atomic mass is 10.0. The molecule has 0 N–H and O–H groups in total. The number of carbonyl (C=O) groups is 2. The summed E-state index contributed by atoms with van der Waals surface area (Å²) in [5, 5.41) is 0. The monoisotopic (exact) mass is 346 g/mol. The minimum atomic E-state index is -0.384. The summed E-state index contributed by atoms with van der Waals surface area (Å²) < 4.78 is 10.5. The molecule has 0 heterocycles. The number of ether oxygens (including phenoxy) is 2. The van der Waals surface area contributed by atoms with Crippen LogP contribution in [-0.4, -0.2) is 19.4 Å². The van der Waals surface area contributed by atoms with Gasteiger partial charge in [-0.3, -0.25) is 4.79 Å². The Kier molecular flexibility index (Phi) is 5.44. The van der Waals surface area contributed by atoms with Crippen molar-refractivity contribution in [2.24, 2.45) is 0 Å². The van der Waals surface area contributed by atoms with Gasteiger partial charge in [0.15, 0.2) is 0 Å². The van der Waals surface area contributed by atoms with E-state index in [9.17, 15) is 9.59 Å². The maximum Gasteiger partial charge on any atom is 0.337 e. The summed E-state index contributed by atoms with van der Waals surface area (Å²) in [7, 11) is 1.35. The molecule has 3 rings (SSSR count). The summed E-state index contributed by atoms with van der Waals surface area (Å²) in [6.07, 6.45) is 0.793. The summed E-state index contributed by atoms with van der Waals surface area (Å²) >= 11 is 0. The third-order valence-electron chi connectivity index (χ3n) is 3.95. The molecule has 4 heteroatoms. The van der Waals surface area contributed by atoms with Crippen LogP contribution >= 0.6 is 0 Å². The number of benzene rings is 3. The molecule has 0 saturated carbocycles. The van der Waals surface area contributed by atoms with E-state index in [4.69, 9.17) is 9.47 Å². The van der Waals surface area contributed by atoms with Gasteiger partial charge < -0.3 is 9.47 Å². The van der Waals surface area contributed by atoms with Gasteiger partial charge in [-0.15, -0.1) is 0 Å². The third-order valence-corrected chi connectivity index (χ3v) is 3.95. The maximum atomic E-state index is 11.5. The molecule has 0 radical (unpaired) electrons. The van der Waals surface area contributed by atoms with Crippen LogP contribution in [0.2, 0.25) is 0 Å².